The number of aromatic nitrogens is 1. The van der Waals surface area contributed by atoms with Gasteiger partial charge in [0.15, 0.2) is 0 Å². The van der Waals surface area contributed by atoms with E-state index in [1.807, 2.05) is 0 Å². The minimum Gasteiger partial charge on any atom is -0.348 e. The van der Waals surface area contributed by atoms with Crippen LogP contribution in [-0.2, 0) is 6.18 Å². The van der Waals surface area contributed by atoms with Crippen LogP contribution in [0.5, 0.6) is 0 Å². The first-order valence-corrected chi connectivity index (χ1v) is 9.66. The van der Waals surface area contributed by atoms with Crippen molar-refractivity contribution >= 4 is 5.91 Å². The molecule has 3 aliphatic heterocycles. The summed E-state index contributed by atoms with van der Waals surface area (Å²) in [6.07, 6.45) is -1.11. The Kier molecular flexibility index (Phi) is 4.98. The summed E-state index contributed by atoms with van der Waals surface area (Å²) in [5.74, 6) is 0.127. The van der Waals surface area contributed by atoms with Gasteiger partial charge in [-0.15, -0.1) is 0 Å². The van der Waals surface area contributed by atoms with Gasteiger partial charge in [-0.1, -0.05) is 6.07 Å². The number of hydrogen-bond donors (Lipinski definition) is 1. The number of benzene rings is 1. The summed E-state index contributed by atoms with van der Waals surface area (Å²) < 4.78 is 40.8. The number of alkyl halides is 3. The number of pyridine rings is 1. The minimum atomic E-state index is -4.52. The van der Waals surface area contributed by atoms with Crippen LogP contribution < -0.4 is 10.9 Å². The maximum atomic E-state index is 13.2. The predicted molar refractivity (Wildman–Crippen MR) is 102 cm³/mol. The van der Waals surface area contributed by atoms with E-state index >= 15 is 0 Å². The first kappa shape index (κ1) is 19.7. The van der Waals surface area contributed by atoms with E-state index in [9.17, 15) is 22.8 Å². The van der Waals surface area contributed by atoms with Crippen LogP contribution in [0.1, 0.15) is 34.3 Å². The lowest BCUT2D eigenvalue weighted by atomic mass is 9.84. The van der Waals surface area contributed by atoms with Gasteiger partial charge in [-0.25, -0.2) is 0 Å². The third kappa shape index (κ3) is 3.94. The molecule has 29 heavy (non-hydrogen) atoms. The van der Waals surface area contributed by atoms with Crippen molar-refractivity contribution in [2.45, 2.75) is 32.0 Å². The fourth-order valence-corrected chi connectivity index (χ4v) is 4.27. The summed E-state index contributed by atoms with van der Waals surface area (Å²) in [6.45, 7) is 4.28. The van der Waals surface area contributed by atoms with E-state index in [2.05, 4.69) is 10.2 Å². The highest BCUT2D eigenvalue weighted by atomic mass is 19.4. The first-order chi connectivity index (χ1) is 13.7. The quantitative estimate of drug-likeness (QED) is 0.854. The molecule has 4 heterocycles. The third-order valence-electron chi connectivity index (χ3n) is 5.95. The van der Waals surface area contributed by atoms with Crippen molar-refractivity contribution in [3.63, 3.8) is 0 Å². The van der Waals surface area contributed by atoms with Gasteiger partial charge in [0, 0.05) is 30.5 Å². The van der Waals surface area contributed by atoms with Crippen molar-refractivity contribution in [3.05, 3.63) is 63.6 Å². The van der Waals surface area contributed by atoms with Crippen LogP contribution in [0.2, 0.25) is 0 Å². The largest absolute Gasteiger partial charge is 0.416 e. The topological polar surface area (TPSA) is 54.3 Å². The summed E-state index contributed by atoms with van der Waals surface area (Å²) in [7, 11) is 0. The van der Waals surface area contributed by atoms with Gasteiger partial charge in [-0.3, -0.25) is 14.2 Å². The summed E-state index contributed by atoms with van der Waals surface area (Å²) in [5.41, 5.74) is -0.906. The molecule has 1 unspecified atom stereocenters. The second-order valence-corrected chi connectivity index (χ2v) is 7.84. The van der Waals surface area contributed by atoms with E-state index in [0.717, 1.165) is 43.1 Å². The molecule has 8 heteroatoms. The van der Waals surface area contributed by atoms with E-state index in [4.69, 9.17) is 0 Å². The molecule has 5 nitrogen and oxygen atoms in total. The van der Waals surface area contributed by atoms with Gasteiger partial charge in [0.2, 0.25) is 0 Å². The van der Waals surface area contributed by atoms with Crippen LogP contribution >= 0.6 is 0 Å². The molecule has 1 atom stereocenters. The van der Waals surface area contributed by atoms with Gasteiger partial charge in [0.25, 0.3) is 11.5 Å². The zero-order chi connectivity index (χ0) is 20.8. The highest BCUT2D eigenvalue weighted by molar-refractivity contribution is 5.94. The van der Waals surface area contributed by atoms with Crippen molar-refractivity contribution in [2.24, 2.45) is 5.92 Å². The van der Waals surface area contributed by atoms with Gasteiger partial charge in [0.05, 0.1) is 11.1 Å². The van der Waals surface area contributed by atoms with Crippen molar-refractivity contribution in [2.75, 3.05) is 19.6 Å². The smallest absolute Gasteiger partial charge is 0.348 e. The van der Waals surface area contributed by atoms with Crippen LogP contribution in [0.15, 0.2) is 41.3 Å². The molecular weight excluding hydrogens is 383 g/mol. The van der Waals surface area contributed by atoms with Crippen molar-refractivity contribution in [1.82, 2.24) is 14.8 Å². The molecule has 1 aromatic heterocycles. The van der Waals surface area contributed by atoms with Gasteiger partial charge < -0.3 is 10.2 Å². The van der Waals surface area contributed by atoms with Gasteiger partial charge in [-0.2, -0.15) is 13.2 Å². The molecule has 154 valence electrons. The van der Waals surface area contributed by atoms with Crippen LogP contribution in [0, 0.1) is 12.8 Å². The Morgan fingerprint density at radius 1 is 1.14 bits per heavy atom. The highest BCUT2D eigenvalue weighted by Crippen LogP contribution is 2.33. The third-order valence-corrected chi connectivity index (χ3v) is 5.95. The highest BCUT2D eigenvalue weighted by Gasteiger charge is 2.35. The normalized spacial score (nSPS) is 23.8. The van der Waals surface area contributed by atoms with Crippen molar-refractivity contribution in [3.8, 4) is 5.69 Å². The predicted octanol–water partition coefficient (Wildman–Crippen LogP) is 2.99. The van der Waals surface area contributed by atoms with Gasteiger partial charge >= 0.3 is 6.18 Å². The molecule has 3 aliphatic rings. The van der Waals surface area contributed by atoms with Crippen LogP contribution in [0.3, 0.4) is 0 Å². The van der Waals surface area contributed by atoms with E-state index in [1.165, 1.54) is 37.4 Å². The summed E-state index contributed by atoms with van der Waals surface area (Å²) in [4.78, 5) is 27.3. The standard InChI is InChI=1S/C21H22F3N3O2/c1-13-2-4-16(10-17(13)21(22,23)24)27-11-15(3-5-19(27)28)20(29)25-18-12-26-8-6-14(18)7-9-26/h2-5,10-11,14,18H,6-9,12H2,1H3,(H,25,29). The average molecular weight is 405 g/mol. The molecule has 0 radical (unpaired) electrons. The Labute approximate surface area is 166 Å². The summed E-state index contributed by atoms with van der Waals surface area (Å²) in [6, 6.07) is 6.38. The second kappa shape index (κ2) is 7.33. The minimum absolute atomic E-state index is 0.0570. The fraction of sp³-hybridized carbons (Fsp3) is 0.429. The number of piperidine rings is 3. The lowest BCUT2D eigenvalue weighted by Gasteiger charge is -2.44. The Morgan fingerprint density at radius 3 is 2.48 bits per heavy atom. The second-order valence-electron chi connectivity index (χ2n) is 7.84. The number of fused-ring (bicyclic) bond motifs is 3. The molecule has 2 aromatic rings. The summed E-state index contributed by atoms with van der Waals surface area (Å²) in [5, 5.41) is 3.03. The van der Waals surface area contributed by atoms with E-state index in [1.54, 1.807) is 0 Å². The van der Waals surface area contributed by atoms with E-state index in [0.29, 0.717) is 5.92 Å². The number of carbonyl (C=O) groups excluding carboxylic acids is 1. The van der Waals surface area contributed by atoms with Crippen molar-refractivity contribution in [1.29, 1.82) is 0 Å². The lowest BCUT2D eigenvalue weighted by Crippen LogP contribution is -2.57. The number of rotatable bonds is 3. The van der Waals surface area contributed by atoms with Crippen LogP contribution in [0.4, 0.5) is 13.2 Å². The lowest BCUT2D eigenvalue weighted by molar-refractivity contribution is -0.138. The van der Waals surface area contributed by atoms with Gasteiger partial charge in [0.1, 0.15) is 0 Å². The molecule has 0 aliphatic carbocycles. The summed E-state index contributed by atoms with van der Waals surface area (Å²) >= 11 is 0. The molecule has 1 N–H and O–H groups in total. The molecule has 1 amide bonds. The maximum absolute atomic E-state index is 13.2. The molecule has 3 saturated heterocycles. The molecular formula is C21H22F3N3O2. The zero-order valence-corrected chi connectivity index (χ0v) is 16.0. The number of aryl methyl sites for hydroxylation is 1. The Bertz CT molecular complexity index is 991. The first-order valence-electron chi connectivity index (χ1n) is 9.66. The van der Waals surface area contributed by atoms with Crippen molar-refractivity contribution < 1.29 is 18.0 Å². The number of halogens is 3. The molecule has 3 fully saturated rings. The number of hydrogen-bond acceptors (Lipinski definition) is 3. The van der Waals surface area contributed by atoms with E-state index in [-0.39, 0.29) is 28.8 Å². The average Bonchev–Trinajstić information content (AvgIpc) is 2.69. The Hall–Kier alpha value is -2.61. The van der Waals surface area contributed by atoms with Gasteiger partial charge in [-0.05, 0) is 62.5 Å². The molecule has 0 spiro atoms. The van der Waals surface area contributed by atoms with Crippen LogP contribution in [0.25, 0.3) is 5.69 Å². The molecule has 0 saturated carbocycles. The maximum Gasteiger partial charge on any atom is 0.416 e. The zero-order valence-electron chi connectivity index (χ0n) is 16.0. The van der Waals surface area contributed by atoms with Crippen LogP contribution in [-0.4, -0.2) is 41.1 Å². The number of carbonyl (C=O) groups is 1. The molecule has 1 aromatic carbocycles. The fourth-order valence-electron chi connectivity index (χ4n) is 4.27. The molecule has 5 rings (SSSR count). The number of amides is 1. The molecule has 2 bridgehead atoms. The Balaban J connectivity index is 1.61. The van der Waals surface area contributed by atoms with E-state index < -0.39 is 17.3 Å². The SMILES string of the molecule is Cc1ccc(-n2cc(C(=O)NC3CN4CCC3CC4)ccc2=O)cc1C(F)(F)F. The number of nitrogens with one attached hydrogen (secondary N) is 1. The Morgan fingerprint density at radius 2 is 1.86 bits per heavy atom. The monoisotopic (exact) mass is 405 g/mol. The number of nitrogens with zero attached hydrogens (tertiary/aromatic N) is 2.